The van der Waals surface area contributed by atoms with Crippen LogP contribution in [0.3, 0.4) is 0 Å². The highest BCUT2D eigenvalue weighted by atomic mass is 32.2. The van der Waals surface area contributed by atoms with E-state index in [0.29, 0.717) is 17.9 Å². The molecule has 2 rings (SSSR count). The summed E-state index contributed by atoms with van der Waals surface area (Å²) in [5.41, 5.74) is 1.52. The van der Waals surface area contributed by atoms with Crippen LogP contribution in [0.5, 0.6) is 5.75 Å². The number of aliphatic carboxylic acids is 1. The Morgan fingerprint density at radius 2 is 2.43 bits per heavy atom. The smallest absolute Gasteiger partial charge is 0.304 e. The maximum Gasteiger partial charge on any atom is 0.304 e. The van der Waals surface area contributed by atoms with Gasteiger partial charge in [0.15, 0.2) is 0 Å². The Hall–Kier alpha value is -1.71. The van der Waals surface area contributed by atoms with E-state index < -0.39 is 5.97 Å². The quantitative estimate of drug-likeness (QED) is 0.896. The minimum Gasteiger partial charge on any atom is -0.495 e. The number of ether oxygens (including phenoxy) is 1. The monoisotopic (exact) mass is 306 g/mol. The zero-order valence-corrected chi connectivity index (χ0v) is 12.7. The van der Waals surface area contributed by atoms with Crippen LogP contribution >= 0.6 is 11.8 Å². The van der Waals surface area contributed by atoms with Gasteiger partial charge in [0.25, 0.3) is 0 Å². The molecule has 0 aliphatic carbocycles. The number of carboxylic acid groups (broad SMARTS) is 1. The second-order valence-electron chi connectivity index (χ2n) is 4.94. The number of hydrogen-bond donors (Lipinski definition) is 1. The molecule has 0 saturated carbocycles. The molecular weight excluding hydrogens is 288 g/mol. The molecular formula is C15H18N2O3S. The molecule has 1 atom stereocenters. The highest BCUT2D eigenvalue weighted by Gasteiger charge is 2.25. The molecule has 1 N–H and O–H groups in total. The van der Waals surface area contributed by atoms with Gasteiger partial charge in [-0.3, -0.25) is 9.69 Å². The van der Waals surface area contributed by atoms with Crippen LogP contribution in [0.25, 0.3) is 0 Å². The van der Waals surface area contributed by atoms with Crippen molar-refractivity contribution >= 4 is 17.7 Å². The van der Waals surface area contributed by atoms with E-state index in [1.807, 2.05) is 12.1 Å². The first kappa shape index (κ1) is 15.7. The van der Waals surface area contributed by atoms with Crippen molar-refractivity contribution in [3.63, 3.8) is 0 Å². The van der Waals surface area contributed by atoms with Crippen molar-refractivity contribution in [3.8, 4) is 11.8 Å². The lowest BCUT2D eigenvalue weighted by atomic mass is 10.1. The molecule has 1 heterocycles. The summed E-state index contributed by atoms with van der Waals surface area (Å²) in [5.74, 6) is 1.66. The van der Waals surface area contributed by atoms with Crippen LogP contribution in [0.2, 0.25) is 0 Å². The SMILES string of the molecule is COc1ccc(CN2CCSCC2CC(=O)O)cc1C#N. The van der Waals surface area contributed by atoms with Crippen LogP contribution in [0.15, 0.2) is 18.2 Å². The van der Waals surface area contributed by atoms with Crippen molar-refractivity contribution < 1.29 is 14.6 Å². The Bertz CT molecular complexity index is 556. The largest absolute Gasteiger partial charge is 0.495 e. The van der Waals surface area contributed by atoms with Gasteiger partial charge in [0, 0.05) is 30.6 Å². The zero-order valence-electron chi connectivity index (χ0n) is 11.9. The van der Waals surface area contributed by atoms with Gasteiger partial charge < -0.3 is 9.84 Å². The standard InChI is InChI=1S/C15H18N2O3S/c1-20-14-3-2-11(6-12(14)8-16)9-17-4-5-21-10-13(17)7-15(18)19/h2-3,6,13H,4-5,7,9-10H2,1H3,(H,18,19). The van der Waals surface area contributed by atoms with Crippen LogP contribution in [0, 0.1) is 11.3 Å². The van der Waals surface area contributed by atoms with Gasteiger partial charge in [-0.1, -0.05) is 6.07 Å². The third-order valence-corrected chi connectivity index (χ3v) is 4.62. The van der Waals surface area contributed by atoms with Crippen LogP contribution in [-0.4, -0.2) is 47.2 Å². The molecule has 0 spiro atoms. The summed E-state index contributed by atoms with van der Waals surface area (Å²) < 4.78 is 5.14. The molecule has 0 radical (unpaired) electrons. The summed E-state index contributed by atoms with van der Waals surface area (Å²) in [4.78, 5) is 13.1. The van der Waals surface area contributed by atoms with E-state index in [2.05, 4.69) is 11.0 Å². The molecule has 1 aromatic rings. The Morgan fingerprint density at radius 3 is 3.10 bits per heavy atom. The van der Waals surface area contributed by atoms with Crippen LogP contribution in [-0.2, 0) is 11.3 Å². The minimum absolute atomic E-state index is 0.0499. The summed E-state index contributed by atoms with van der Waals surface area (Å²) in [5, 5.41) is 18.1. The van der Waals surface area contributed by atoms with Gasteiger partial charge >= 0.3 is 5.97 Å². The molecule has 6 heteroatoms. The van der Waals surface area contributed by atoms with Gasteiger partial charge in [-0.2, -0.15) is 17.0 Å². The van der Waals surface area contributed by atoms with Crippen LogP contribution < -0.4 is 4.74 Å². The lowest BCUT2D eigenvalue weighted by molar-refractivity contribution is -0.138. The predicted octanol–water partition coefficient (Wildman–Crippen LogP) is 1.96. The molecule has 1 fully saturated rings. The summed E-state index contributed by atoms with van der Waals surface area (Å²) >= 11 is 1.80. The Kier molecular flexibility index (Phi) is 5.48. The maximum atomic E-state index is 11.0. The lowest BCUT2D eigenvalue weighted by Crippen LogP contribution is -2.42. The van der Waals surface area contributed by atoms with E-state index in [9.17, 15) is 4.79 Å². The molecule has 1 aromatic carbocycles. The van der Waals surface area contributed by atoms with Gasteiger partial charge in [-0.05, 0) is 17.7 Å². The topological polar surface area (TPSA) is 73.6 Å². The molecule has 5 nitrogen and oxygen atoms in total. The van der Waals surface area contributed by atoms with Crippen molar-refractivity contribution in [2.75, 3.05) is 25.2 Å². The Labute approximate surface area is 128 Å². The predicted molar refractivity (Wildman–Crippen MR) is 81.5 cm³/mol. The first-order valence-corrected chi connectivity index (χ1v) is 7.90. The highest BCUT2D eigenvalue weighted by Crippen LogP contribution is 2.24. The number of thioether (sulfide) groups is 1. The maximum absolute atomic E-state index is 11.0. The molecule has 1 unspecified atom stereocenters. The first-order chi connectivity index (χ1) is 10.1. The number of carboxylic acids is 1. The van der Waals surface area contributed by atoms with E-state index in [4.69, 9.17) is 15.1 Å². The average Bonchev–Trinajstić information content (AvgIpc) is 2.48. The Balaban J connectivity index is 2.12. The van der Waals surface area contributed by atoms with Gasteiger partial charge in [0.2, 0.25) is 0 Å². The molecule has 0 aromatic heterocycles. The molecule has 112 valence electrons. The van der Waals surface area contributed by atoms with Crippen LogP contribution in [0.1, 0.15) is 17.5 Å². The van der Waals surface area contributed by atoms with Crippen molar-refractivity contribution in [2.24, 2.45) is 0 Å². The number of carbonyl (C=O) groups is 1. The van der Waals surface area contributed by atoms with E-state index in [-0.39, 0.29) is 12.5 Å². The second kappa shape index (κ2) is 7.34. The summed E-state index contributed by atoms with van der Waals surface area (Å²) in [6, 6.07) is 7.71. The van der Waals surface area contributed by atoms with E-state index >= 15 is 0 Å². The number of rotatable bonds is 5. The number of nitriles is 1. The van der Waals surface area contributed by atoms with Crippen molar-refractivity contribution in [1.29, 1.82) is 5.26 Å². The fraction of sp³-hybridized carbons (Fsp3) is 0.467. The average molecular weight is 306 g/mol. The molecule has 1 saturated heterocycles. The fourth-order valence-electron chi connectivity index (χ4n) is 2.46. The third-order valence-electron chi connectivity index (χ3n) is 3.53. The zero-order chi connectivity index (χ0) is 15.2. The van der Waals surface area contributed by atoms with Crippen molar-refractivity contribution in [2.45, 2.75) is 19.0 Å². The lowest BCUT2D eigenvalue weighted by Gasteiger charge is -2.34. The summed E-state index contributed by atoms with van der Waals surface area (Å²) in [6.07, 6.45) is 0.161. The van der Waals surface area contributed by atoms with Gasteiger partial charge in [-0.25, -0.2) is 0 Å². The second-order valence-corrected chi connectivity index (χ2v) is 6.09. The minimum atomic E-state index is -0.764. The molecule has 1 aliphatic rings. The van der Waals surface area contributed by atoms with Crippen LogP contribution in [0.4, 0.5) is 0 Å². The Morgan fingerprint density at radius 1 is 1.62 bits per heavy atom. The summed E-state index contributed by atoms with van der Waals surface area (Å²) in [7, 11) is 1.54. The number of nitrogens with zero attached hydrogens (tertiary/aromatic N) is 2. The number of methoxy groups -OCH3 is 1. The molecule has 21 heavy (non-hydrogen) atoms. The highest BCUT2D eigenvalue weighted by molar-refractivity contribution is 7.99. The summed E-state index contributed by atoms with van der Waals surface area (Å²) in [6.45, 7) is 1.54. The van der Waals surface area contributed by atoms with E-state index in [1.165, 1.54) is 0 Å². The fourth-order valence-corrected chi connectivity index (χ4v) is 3.59. The van der Waals surface area contributed by atoms with Gasteiger partial charge in [-0.15, -0.1) is 0 Å². The van der Waals surface area contributed by atoms with Crippen molar-refractivity contribution in [3.05, 3.63) is 29.3 Å². The van der Waals surface area contributed by atoms with Gasteiger partial charge in [0.05, 0.1) is 19.1 Å². The van der Waals surface area contributed by atoms with E-state index in [1.54, 1.807) is 24.9 Å². The molecule has 0 amide bonds. The van der Waals surface area contributed by atoms with Gasteiger partial charge in [0.1, 0.15) is 11.8 Å². The molecule has 1 aliphatic heterocycles. The number of benzene rings is 1. The van der Waals surface area contributed by atoms with E-state index in [0.717, 1.165) is 23.6 Å². The van der Waals surface area contributed by atoms with Crippen molar-refractivity contribution in [1.82, 2.24) is 4.90 Å². The normalized spacial score (nSPS) is 19.0. The third kappa shape index (κ3) is 4.13. The number of hydrogen-bond acceptors (Lipinski definition) is 5. The molecule has 0 bridgehead atoms. The first-order valence-electron chi connectivity index (χ1n) is 6.74.